The van der Waals surface area contributed by atoms with Gasteiger partial charge in [-0.25, -0.2) is 26.3 Å². The summed E-state index contributed by atoms with van der Waals surface area (Å²) in [6.45, 7) is 3.65. The Kier molecular flexibility index (Phi) is 11.0. The van der Waals surface area contributed by atoms with E-state index in [1.54, 1.807) is 36.4 Å². The minimum atomic E-state index is -3.99. The van der Waals surface area contributed by atoms with E-state index >= 15 is 0 Å². The zero-order valence-electron chi connectivity index (χ0n) is 30.0. The zero-order valence-corrected chi connectivity index (χ0v) is 33.2. The van der Waals surface area contributed by atoms with Crippen LogP contribution in [0.25, 0.3) is 0 Å². The highest BCUT2D eigenvalue weighted by Gasteiger charge is 2.36. The summed E-state index contributed by atoms with van der Waals surface area (Å²) in [5.41, 5.74) is 2.36. The lowest BCUT2D eigenvalue weighted by atomic mass is 9.82. The summed E-state index contributed by atoms with van der Waals surface area (Å²) in [6.07, 6.45) is 8.90. The lowest BCUT2D eigenvalue weighted by molar-refractivity contribution is 0.0980. The quantitative estimate of drug-likeness (QED) is 0.109. The Bertz CT molecular complexity index is 2220. The topological polar surface area (TPSA) is 151 Å². The van der Waals surface area contributed by atoms with Gasteiger partial charge in [-0.15, -0.1) is 0 Å². The minimum absolute atomic E-state index is 0.000452. The first-order chi connectivity index (χ1) is 25.7. The third kappa shape index (κ3) is 7.82. The smallest absolute Gasteiger partial charge is 0.242 e. The molecule has 0 aliphatic heterocycles. The van der Waals surface area contributed by atoms with E-state index in [1.807, 2.05) is 13.8 Å². The fraction of sp³-hybridized carbons (Fsp3) is 0.350. The van der Waals surface area contributed by atoms with Gasteiger partial charge in [0, 0.05) is 23.2 Å². The van der Waals surface area contributed by atoms with Crippen LogP contribution in [-0.4, -0.2) is 40.5 Å². The largest absolute Gasteiger partial charge is 0.354 e. The summed E-state index contributed by atoms with van der Waals surface area (Å²) in [6, 6.07) is 15.3. The Balaban J connectivity index is 1.34. The van der Waals surface area contributed by atoms with Crippen molar-refractivity contribution in [3.63, 3.8) is 0 Å². The number of ketones is 2. The molecular weight excluding hydrogens is 768 g/mol. The standard InChI is InChI=1S/C40H42Cl2N4O6S2/c1-23-13-17-35(53(49,50)45-25-9-5-3-6-10-25)33(19-23)43-31-15-16-32(38-37(31)39(47)27-21-29(41)30(42)22-28(27)40(38)48)44-34-20-24(2)14-18-36(34)54(51,52)46-26-11-7-4-8-12-26/h13-22,25-26,43-46H,3-12H2,1-2H3. The van der Waals surface area contributed by atoms with E-state index in [9.17, 15) is 26.4 Å². The Labute approximate surface area is 326 Å². The molecule has 4 aromatic rings. The highest BCUT2D eigenvalue weighted by atomic mass is 35.5. The van der Waals surface area contributed by atoms with Crippen molar-refractivity contribution in [3.05, 3.63) is 104 Å². The molecule has 54 heavy (non-hydrogen) atoms. The van der Waals surface area contributed by atoms with Gasteiger partial charge in [0.15, 0.2) is 11.6 Å². The molecule has 0 saturated heterocycles. The zero-order chi connectivity index (χ0) is 38.4. The van der Waals surface area contributed by atoms with Crippen LogP contribution in [0.1, 0.15) is 107 Å². The summed E-state index contributed by atoms with van der Waals surface area (Å²) < 4.78 is 61.0. The van der Waals surface area contributed by atoms with Crippen LogP contribution in [0.5, 0.6) is 0 Å². The molecule has 284 valence electrons. The molecule has 3 aliphatic carbocycles. The van der Waals surface area contributed by atoms with Crippen LogP contribution in [0.3, 0.4) is 0 Å². The highest BCUT2D eigenvalue weighted by molar-refractivity contribution is 7.90. The first kappa shape index (κ1) is 38.5. The molecule has 3 aliphatic rings. The van der Waals surface area contributed by atoms with Gasteiger partial charge in [0.25, 0.3) is 0 Å². The summed E-state index contributed by atoms with van der Waals surface area (Å²) >= 11 is 12.7. The van der Waals surface area contributed by atoms with E-state index in [1.165, 1.54) is 24.3 Å². The average molecular weight is 810 g/mol. The Hall–Kier alpha value is -3.78. The maximum absolute atomic E-state index is 14.5. The summed E-state index contributed by atoms with van der Waals surface area (Å²) in [4.78, 5) is 29.0. The molecule has 7 rings (SSSR count). The number of anilines is 4. The molecule has 2 fully saturated rings. The lowest BCUT2D eigenvalue weighted by Gasteiger charge is -2.26. The van der Waals surface area contributed by atoms with Crippen molar-refractivity contribution >= 4 is 77.6 Å². The van der Waals surface area contributed by atoms with Crippen LogP contribution >= 0.6 is 23.2 Å². The molecule has 0 spiro atoms. The first-order valence-corrected chi connectivity index (χ1v) is 22.0. The Morgan fingerprint density at radius 1 is 0.519 bits per heavy atom. The fourth-order valence-corrected chi connectivity index (χ4v) is 10.9. The van der Waals surface area contributed by atoms with E-state index in [2.05, 4.69) is 20.1 Å². The third-order valence-corrected chi connectivity index (χ3v) is 14.3. The van der Waals surface area contributed by atoms with Gasteiger partial charge in [0.2, 0.25) is 20.0 Å². The number of halogens is 2. The second-order valence-corrected chi connectivity index (χ2v) is 18.7. The summed E-state index contributed by atoms with van der Waals surface area (Å²) in [5, 5.41) is 6.55. The molecule has 4 N–H and O–H groups in total. The van der Waals surface area contributed by atoms with Gasteiger partial charge in [-0.1, -0.05) is 73.9 Å². The van der Waals surface area contributed by atoms with Gasteiger partial charge in [-0.3, -0.25) is 9.59 Å². The number of carbonyl (C=O) groups is 2. The molecule has 0 heterocycles. The number of fused-ring (bicyclic) bond motifs is 2. The molecule has 10 nitrogen and oxygen atoms in total. The molecule has 0 amide bonds. The van der Waals surface area contributed by atoms with E-state index in [-0.39, 0.29) is 76.9 Å². The van der Waals surface area contributed by atoms with Crippen molar-refractivity contribution in [2.45, 2.75) is 99.9 Å². The molecule has 0 radical (unpaired) electrons. The number of nitrogens with one attached hydrogen (secondary N) is 4. The predicted molar refractivity (Wildman–Crippen MR) is 213 cm³/mol. The number of hydrogen-bond acceptors (Lipinski definition) is 8. The van der Waals surface area contributed by atoms with Gasteiger partial charge in [0.05, 0.1) is 43.9 Å². The van der Waals surface area contributed by atoms with Crippen LogP contribution in [-0.2, 0) is 20.0 Å². The van der Waals surface area contributed by atoms with E-state index in [0.717, 1.165) is 75.3 Å². The maximum atomic E-state index is 14.5. The minimum Gasteiger partial charge on any atom is -0.354 e. The normalized spacial score (nSPS) is 16.9. The van der Waals surface area contributed by atoms with Crippen molar-refractivity contribution in [2.24, 2.45) is 0 Å². The van der Waals surface area contributed by atoms with E-state index in [4.69, 9.17) is 23.2 Å². The summed E-state index contributed by atoms with van der Waals surface area (Å²) in [5.74, 6) is -1.09. The fourth-order valence-electron chi connectivity index (χ4n) is 7.72. The van der Waals surface area contributed by atoms with Crippen molar-refractivity contribution in [2.75, 3.05) is 10.6 Å². The second kappa shape index (κ2) is 15.4. The van der Waals surface area contributed by atoms with Crippen LogP contribution in [0.15, 0.2) is 70.5 Å². The number of benzene rings is 4. The Morgan fingerprint density at radius 3 is 1.26 bits per heavy atom. The molecule has 0 atom stereocenters. The molecular formula is C40H42Cl2N4O6S2. The van der Waals surface area contributed by atoms with Crippen LogP contribution < -0.4 is 20.1 Å². The number of sulfonamides is 2. The van der Waals surface area contributed by atoms with Crippen LogP contribution in [0.4, 0.5) is 22.7 Å². The number of aryl methyl sites for hydroxylation is 2. The van der Waals surface area contributed by atoms with Gasteiger partial charge in [0.1, 0.15) is 9.79 Å². The van der Waals surface area contributed by atoms with Crippen molar-refractivity contribution in [1.29, 1.82) is 0 Å². The van der Waals surface area contributed by atoms with Gasteiger partial charge >= 0.3 is 0 Å². The van der Waals surface area contributed by atoms with Gasteiger partial charge < -0.3 is 10.6 Å². The van der Waals surface area contributed by atoms with Gasteiger partial charge in [-0.2, -0.15) is 0 Å². The average Bonchev–Trinajstić information content (AvgIpc) is 3.12. The number of carbonyl (C=O) groups excluding carboxylic acids is 2. The second-order valence-electron chi connectivity index (χ2n) is 14.5. The van der Waals surface area contributed by atoms with E-state index in [0.29, 0.717) is 0 Å². The number of hydrogen-bond donors (Lipinski definition) is 4. The molecule has 4 aromatic carbocycles. The van der Waals surface area contributed by atoms with Crippen molar-refractivity contribution < 1.29 is 26.4 Å². The SMILES string of the molecule is Cc1ccc(S(=O)(=O)NC2CCCCC2)c(Nc2ccc(Nc3cc(C)ccc3S(=O)(=O)NC3CCCCC3)c3c2C(=O)c2cc(Cl)c(Cl)cc2C3=O)c1. The van der Waals surface area contributed by atoms with Gasteiger partial charge in [-0.05, 0) is 99.2 Å². The van der Waals surface area contributed by atoms with E-state index < -0.39 is 31.6 Å². The van der Waals surface area contributed by atoms with Crippen LogP contribution in [0.2, 0.25) is 10.0 Å². The maximum Gasteiger partial charge on any atom is 0.242 e. The lowest BCUT2D eigenvalue weighted by Crippen LogP contribution is -2.36. The molecule has 0 aromatic heterocycles. The Morgan fingerprint density at radius 2 is 0.889 bits per heavy atom. The summed E-state index contributed by atoms with van der Waals surface area (Å²) in [7, 11) is -7.97. The molecule has 2 saturated carbocycles. The van der Waals surface area contributed by atoms with Crippen molar-refractivity contribution in [3.8, 4) is 0 Å². The first-order valence-electron chi connectivity index (χ1n) is 18.3. The number of rotatable bonds is 10. The highest BCUT2D eigenvalue weighted by Crippen LogP contribution is 2.42. The predicted octanol–water partition coefficient (Wildman–Crippen LogP) is 9.09. The molecule has 0 unspecified atom stereocenters. The monoisotopic (exact) mass is 808 g/mol. The molecule has 14 heteroatoms. The van der Waals surface area contributed by atoms with Crippen molar-refractivity contribution in [1.82, 2.24) is 9.44 Å². The third-order valence-electron chi connectivity index (χ3n) is 10.5. The molecule has 0 bridgehead atoms. The van der Waals surface area contributed by atoms with Crippen LogP contribution in [0, 0.1) is 13.8 Å².